The first kappa shape index (κ1) is 25.7. The van der Waals surface area contributed by atoms with Crippen LogP contribution < -0.4 is 0 Å². The van der Waals surface area contributed by atoms with Gasteiger partial charge in [-0.05, 0) is 35.9 Å². The van der Waals surface area contributed by atoms with E-state index in [9.17, 15) is 4.79 Å². The molecule has 3 heterocycles. The van der Waals surface area contributed by atoms with E-state index < -0.39 is 8.07 Å². The van der Waals surface area contributed by atoms with Crippen molar-refractivity contribution >= 4 is 59.5 Å². The largest absolute Gasteiger partial charge is 0.361 e. The van der Waals surface area contributed by atoms with Crippen molar-refractivity contribution in [3.8, 4) is 11.3 Å². The molecule has 2 aromatic carbocycles. The van der Waals surface area contributed by atoms with Crippen LogP contribution in [0.25, 0.3) is 33.2 Å². The molecule has 0 saturated carbocycles. The number of fused-ring (bicyclic) bond motifs is 2. The van der Waals surface area contributed by atoms with Crippen LogP contribution in [-0.4, -0.2) is 40.1 Å². The number of aromatic nitrogens is 4. The van der Waals surface area contributed by atoms with Crippen LogP contribution in [0.15, 0.2) is 60.9 Å². The number of halogens is 2. The van der Waals surface area contributed by atoms with Crippen LogP contribution in [0.4, 0.5) is 0 Å². The van der Waals surface area contributed by atoms with Gasteiger partial charge >= 0.3 is 0 Å². The predicted molar refractivity (Wildman–Crippen MR) is 154 cm³/mol. The lowest BCUT2D eigenvalue weighted by Gasteiger charge is -2.16. The maximum absolute atomic E-state index is 11.9. The lowest BCUT2D eigenvalue weighted by molar-refractivity contribution is 0.0856. The molecule has 0 bridgehead atoms. The number of nitrogens with zero attached hydrogens (tertiary/aromatic N) is 4. The standard InChI is InChI=1S/C28H28Cl2N4O2Si/c1-37(2,3)13-12-36-18-34-25-10-11-31-27(28(25)32-26(34)17-35)21-16-33(24-7-5-4-6-20(21)24)15-19-8-9-22(29)23(30)14-19/h4-11,14,16-17H,12-13,15,18H2,1-3H3. The second kappa shape index (κ2) is 10.4. The Bertz CT molecular complexity index is 1600. The lowest BCUT2D eigenvalue weighted by Crippen LogP contribution is -2.22. The topological polar surface area (TPSA) is 61.9 Å². The molecule has 6 nitrogen and oxygen atoms in total. The Kier molecular flexibility index (Phi) is 7.23. The quantitative estimate of drug-likeness (QED) is 0.108. The zero-order valence-corrected chi connectivity index (χ0v) is 23.6. The van der Waals surface area contributed by atoms with E-state index in [2.05, 4.69) is 47.5 Å². The van der Waals surface area contributed by atoms with E-state index in [1.807, 2.05) is 41.0 Å². The number of para-hydroxylation sites is 1. The molecule has 0 spiro atoms. The Morgan fingerprint density at radius 3 is 2.59 bits per heavy atom. The zero-order chi connectivity index (χ0) is 26.2. The molecule has 0 aliphatic carbocycles. The normalized spacial score (nSPS) is 12.0. The van der Waals surface area contributed by atoms with Gasteiger partial charge < -0.3 is 9.30 Å². The minimum Gasteiger partial charge on any atom is -0.361 e. The highest BCUT2D eigenvalue weighted by Gasteiger charge is 2.19. The summed E-state index contributed by atoms with van der Waals surface area (Å²) in [6.45, 7) is 8.50. The maximum atomic E-state index is 11.9. The first-order valence-corrected chi connectivity index (χ1v) is 16.6. The fraction of sp³-hybridized carbons (Fsp3) is 0.250. The van der Waals surface area contributed by atoms with Crippen LogP contribution in [-0.2, 0) is 18.0 Å². The molecule has 0 saturated heterocycles. The van der Waals surface area contributed by atoms with Crippen molar-refractivity contribution in [2.45, 2.75) is 39.0 Å². The molecule has 0 aliphatic rings. The van der Waals surface area contributed by atoms with Gasteiger partial charge in [-0.25, -0.2) is 4.98 Å². The minimum absolute atomic E-state index is 0.275. The number of hydrogen-bond acceptors (Lipinski definition) is 4. The van der Waals surface area contributed by atoms with Crippen molar-refractivity contribution in [2.24, 2.45) is 0 Å². The van der Waals surface area contributed by atoms with Gasteiger partial charge in [0.1, 0.15) is 17.9 Å². The Morgan fingerprint density at radius 1 is 1.03 bits per heavy atom. The number of aldehydes is 1. The first-order chi connectivity index (χ1) is 17.7. The minimum atomic E-state index is -1.21. The van der Waals surface area contributed by atoms with Gasteiger partial charge in [0, 0.05) is 50.1 Å². The molecule has 3 aromatic heterocycles. The van der Waals surface area contributed by atoms with Crippen molar-refractivity contribution in [2.75, 3.05) is 6.61 Å². The molecule has 0 aliphatic heterocycles. The van der Waals surface area contributed by atoms with Gasteiger partial charge in [0.2, 0.25) is 0 Å². The summed E-state index contributed by atoms with van der Waals surface area (Å²) in [6, 6.07) is 16.8. The summed E-state index contributed by atoms with van der Waals surface area (Å²) in [7, 11) is -1.21. The third-order valence-electron chi connectivity index (χ3n) is 6.40. The molecule has 0 atom stereocenters. The van der Waals surface area contributed by atoms with E-state index >= 15 is 0 Å². The van der Waals surface area contributed by atoms with Crippen molar-refractivity contribution in [1.82, 2.24) is 19.1 Å². The summed E-state index contributed by atoms with van der Waals surface area (Å²) in [5.74, 6) is 0.330. The molecule has 0 amide bonds. The number of ether oxygens (including phenoxy) is 1. The van der Waals surface area contributed by atoms with Crippen LogP contribution in [0, 0.1) is 0 Å². The van der Waals surface area contributed by atoms with Crippen molar-refractivity contribution in [1.29, 1.82) is 0 Å². The molecule has 190 valence electrons. The number of imidazole rings is 1. The fourth-order valence-electron chi connectivity index (χ4n) is 4.43. The maximum Gasteiger partial charge on any atom is 0.185 e. The van der Waals surface area contributed by atoms with Gasteiger partial charge in [-0.15, -0.1) is 0 Å². The van der Waals surface area contributed by atoms with Gasteiger partial charge in [0.05, 0.1) is 15.6 Å². The molecule has 0 N–H and O–H groups in total. The first-order valence-electron chi connectivity index (χ1n) is 12.2. The molecule has 0 fully saturated rings. The Morgan fingerprint density at radius 2 is 1.84 bits per heavy atom. The number of benzene rings is 2. The lowest BCUT2D eigenvalue weighted by atomic mass is 10.1. The van der Waals surface area contributed by atoms with Crippen molar-refractivity contribution in [3.05, 3.63) is 82.4 Å². The number of hydrogen-bond donors (Lipinski definition) is 0. The summed E-state index contributed by atoms with van der Waals surface area (Å²) >= 11 is 12.4. The Balaban J connectivity index is 1.55. The highest BCUT2D eigenvalue weighted by atomic mass is 35.5. The zero-order valence-electron chi connectivity index (χ0n) is 21.0. The molecule has 0 unspecified atom stereocenters. The average Bonchev–Trinajstić information content (AvgIpc) is 3.42. The van der Waals surface area contributed by atoms with Crippen LogP contribution in [0.1, 0.15) is 16.2 Å². The summed E-state index contributed by atoms with van der Waals surface area (Å²) in [6.07, 6.45) is 4.62. The van der Waals surface area contributed by atoms with Crippen LogP contribution in [0.5, 0.6) is 0 Å². The number of rotatable bonds is 9. The Labute approximate surface area is 226 Å². The second-order valence-electron chi connectivity index (χ2n) is 10.3. The van der Waals surface area contributed by atoms with E-state index in [0.29, 0.717) is 34.5 Å². The summed E-state index contributed by atoms with van der Waals surface area (Å²) in [5.41, 5.74) is 5.27. The van der Waals surface area contributed by atoms with Gasteiger partial charge in [-0.2, -0.15) is 0 Å². The van der Waals surface area contributed by atoms with Gasteiger partial charge in [0.15, 0.2) is 12.1 Å². The van der Waals surface area contributed by atoms with E-state index in [1.165, 1.54) is 0 Å². The van der Waals surface area contributed by atoms with Crippen molar-refractivity contribution in [3.63, 3.8) is 0 Å². The monoisotopic (exact) mass is 550 g/mol. The van der Waals surface area contributed by atoms with Crippen LogP contribution in [0.2, 0.25) is 35.7 Å². The van der Waals surface area contributed by atoms with Gasteiger partial charge in [0.25, 0.3) is 0 Å². The highest BCUT2D eigenvalue weighted by molar-refractivity contribution is 6.76. The van der Waals surface area contributed by atoms with Crippen molar-refractivity contribution < 1.29 is 9.53 Å². The predicted octanol–water partition coefficient (Wildman–Crippen LogP) is 7.53. The van der Waals surface area contributed by atoms with E-state index in [-0.39, 0.29) is 6.73 Å². The van der Waals surface area contributed by atoms with E-state index in [1.54, 1.807) is 6.20 Å². The van der Waals surface area contributed by atoms with Crippen LogP contribution in [0.3, 0.4) is 0 Å². The molecule has 5 rings (SSSR count). The van der Waals surface area contributed by atoms with Gasteiger partial charge in [-0.1, -0.05) is 67.1 Å². The second-order valence-corrected chi connectivity index (χ2v) is 16.8. The summed E-state index contributed by atoms with van der Waals surface area (Å²) in [5, 5.41) is 2.11. The van der Waals surface area contributed by atoms with Crippen LogP contribution >= 0.6 is 23.2 Å². The molecular weight excluding hydrogens is 523 g/mol. The Hall–Kier alpha value is -2.97. The third-order valence-corrected chi connectivity index (χ3v) is 8.84. The highest BCUT2D eigenvalue weighted by Crippen LogP contribution is 2.34. The molecule has 37 heavy (non-hydrogen) atoms. The molecule has 5 aromatic rings. The molecule has 9 heteroatoms. The SMILES string of the molecule is C[Si](C)(C)CCOCn1c(C=O)nc2c(-c3cn(Cc4ccc(Cl)c(Cl)c4)c4ccccc34)nccc21. The smallest absolute Gasteiger partial charge is 0.185 e. The molecule has 0 radical (unpaired) electrons. The van der Waals surface area contributed by atoms with Gasteiger partial charge in [-0.3, -0.25) is 14.3 Å². The third kappa shape index (κ3) is 5.36. The number of carbonyl (C=O) groups is 1. The van der Waals surface area contributed by atoms with E-state index in [0.717, 1.165) is 45.6 Å². The molecular formula is C28H28Cl2N4O2Si. The summed E-state index contributed by atoms with van der Waals surface area (Å²) in [4.78, 5) is 21.3. The average molecular weight is 552 g/mol. The number of pyridine rings is 1. The van der Waals surface area contributed by atoms with E-state index in [4.69, 9.17) is 32.9 Å². The summed E-state index contributed by atoms with van der Waals surface area (Å²) < 4.78 is 9.96. The number of carbonyl (C=O) groups excluding carboxylic acids is 1. The fourth-order valence-corrected chi connectivity index (χ4v) is 5.51.